The van der Waals surface area contributed by atoms with Gasteiger partial charge in [-0.2, -0.15) is 5.21 Å². The van der Waals surface area contributed by atoms with Crippen molar-refractivity contribution in [1.29, 1.82) is 0 Å². The summed E-state index contributed by atoms with van der Waals surface area (Å²) in [5, 5.41) is 28.2. The van der Waals surface area contributed by atoms with Crippen molar-refractivity contribution < 1.29 is 9.90 Å². The van der Waals surface area contributed by atoms with E-state index in [4.69, 9.17) is 11.6 Å². The summed E-state index contributed by atoms with van der Waals surface area (Å²) in [5.74, 6) is 1.05. The van der Waals surface area contributed by atoms with Crippen LogP contribution in [0.25, 0.3) is 0 Å². The van der Waals surface area contributed by atoms with Crippen molar-refractivity contribution >= 4 is 23.3 Å². The molecule has 0 unspecified atom stereocenters. The van der Waals surface area contributed by atoms with E-state index in [2.05, 4.69) is 50.2 Å². The van der Waals surface area contributed by atoms with Gasteiger partial charge in [-0.15, -0.1) is 10.2 Å². The van der Waals surface area contributed by atoms with Gasteiger partial charge in [0.1, 0.15) is 0 Å². The number of nitrogens with one attached hydrogen (secondary N) is 2. The topological polar surface area (TPSA) is 107 Å². The van der Waals surface area contributed by atoms with E-state index in [1.165, 1.54) is 37.7 Å². The number of anilines is 1. The Balaban J connectivity index is 1.33. The number of aliphatic hydroxyl groups excluding tert-OH is 1. The van der Waals surface area contributed by atoms with Crippen LogP contribution in [0.3, 0.4) is 0 Å². The van der Waals surface area contributed by atoms with Crippen molar-refractivity contribution in [3.05, 3.63) is 106 Å². The summed E-state index contributed by atoms with van der Waals surface area (Å²) >= 11 is 6.06. The number of urea groups is 1. The predicted molar refractivity (Wildman–Crippen MR) is 156 cm³/mol. The van der Waals surface area contributed by atoms with E-state index in [1.54, 1.807) is 4.90 Å². The number of H-pyrrole nitrogens is 1. The predicted octanol–water partition coefficient (Wildman–Crippen LogP) is 6.65. The first kappa shape index (κ1) is 27.8. The summed E-state index contributed by atoms with van der Waals surface area (Å²) in [4.78, 5) is 15.4. The number of carbonyl (C=O) groups excluding carboxylic acids is 1. The first-order valence-corrected chi connectivity index (χ1v) is 14.3. The van der Waals surface area contributed by atoms with E-state index in [9.17, 15) is 9.90 Å². The normalized spacial score (nSPS) is 15.4. The van der Waals surface area contributed by atoms with E-state index in [-0.39, 0.29) is 18.5 Å². The van der Waals surface area contributed by atoms with Crippen molar-refractivity contribution in [1.82, 2.24) is 25.9 Å². The molecule has 1 saturated carbocycles. The molecule has 0 spiro atoms. The number of hydrogen-bond acceptors (Lipinski definition) is 5. The van der Waals surface area contributed by atoms with Gasteiger partial charge in [-0.05, 0) is 72.2 Å². The SMILES string of the molecule is C[C@@H](NC(=O)N(Cc1ccc([C@@H](O)Cc2nn[nH]n2)cc1)c1ccc(C2CCCCC2)cc1)c1ccc(Cl)cc1. The van der Waals surface area contributed by atoms with Crippen molar-refractivity contribution in [2.45, 2.75) is 70.1 Å². The summed E-state index contributed by atoms with van der Waals surface area (Å²) in [5.41, 5.74) is 4.85. The van der Waals surface area contributed by atoms with Gasteiger partial charge in [0.15, 0.2) is 5.82 Å². The lowest BCUT2D eigenvalue weighted by Crippen LogP contribution is -2.40. The summed E-state index contributed by atoms with van der Waals surface area (Å²) in [7, 11) is 0. The van der Waals surface area contributed by atoms with Gasteiger partial charge in [-0.3, -0.25) is 4.90 Å². The molecule has 4 aromatic rings. The fourth-order valence-electron chi connectivity index (χ4n) is 5.33. The van der Waals surface area contributed by atoms with Crippen molar-refractivity contribution in [2.75, 3.05) is 4.90 Å². The first-order valence-electron chi connectivity index (χ1n) is 13.9. The van der Waals surface area contributed by atoms with E-state index >= 15 is 0 Å². The molecule has 40 heavy (non-hydrogen) atoms. The van der Waals surface area contributed by atoms with Crippen LogP contribution < -0.4 is 10.2 Å². The van der Waals surface area contributed by atoms with Crippen LogP contribution in [-0.2, 0) is 13.0 Å². The third-order valence-corrected chi connectivity index (χ3v) is 7.96. The van der Waals surface area contributed by atoms with Crippen LogP contribution in [0.2, 0.25) is 5.02 Å². The largest absolute Gasteiger partial charge is 0.388 e. The molecule has 208 valence electrons. The molecule has 3 aromatic carbocycles. The number of rotatable bonds is 9. The quantitative estimate of drug-likeness (QED) is 0.213. The molecular formula is C31H35ClN6O2. The van der Waals surface area contributed by atoms with Crippen LogP contribution in [0.1, 0.15) is 85.2 Å². The van der Waals surface area contributed by atoms with E-state index in [1.807, 2.05) is 55.5 Å². The molecule has 0 aliphatic heterocycles. The van der Waals surface area contributed by atoms with Gasteiger partial charge in [-0.1, -0.05) is 84.6 Å². The molecule has 8 nitrogen and oxygen atoms in total. The molecule has 9 heteroatoms. The zero-order valence-electron chi connectivity index (χ0n) is 22.6. The minimum absolute atomic E-state index is 0.186. The molecule has 1 aliphatic rings. The molecule has 1 aromatic heterocycles. The minimum Gasteiger partial charge on any atom is -0.388 e. The van der Waals surface area contributed by atoms with Gasteiger partial charge in [0.25, 0.3) is 0 Å². The lowest BCUT2D eigenvalue weighted by molar-refractivity contribution is 0.176. The fourth-order valence-corrected chi connectivity index (χ4v) is 5.45. The lowest BCUT2D eigenvalue weighted by atomic mass is 9.84. The maximum Gasteiger partial charge on any atom is 0.322 e. The highest BCUT2D eigenvalue weighted by atomic mass is 35.5. The number of aromatic nitrogens is 4. The lowest BCUT2D eigenvalue weighted by Gasteiger charge is -2.27. The molecule has 1 heterocycles. The van der Waals surface area contributed by atoms with Gasteiger partial charge in [0.2, 0.25) is 0 Å². The average molecular weight is 559 g/mol. The molecule has 5 rings (SSSR count). The zero-order chi connectivity index (χ0) is 27.9. The number of tetrazole rings is 1. The number of hydrogen-bond donors (Lipinski definition) is 3. The van der Waals surface area contributed by atoms with E-state index in [0.29, 0.717) is 23.3 Å². The van der Waals surface area contributed by atoms with Gasteiger partial charge < -0.3 is 10.4 Å². The number of aliphatic hydroxyl groups is 1. The Morgan fingerprint density at radius 3 is 2.33 bits per heavy atom. The number of benzene rings is 3. The number of halogens is 1. The highest BCUT2D eigenvalue weighted by Crippen LogP contribution is 2.33. The smallest absolute Gasteiger partial charge is 0.322 e. The second-order valence-electron chi connectivity index (χ2n) is 10.5. The third-order valence-electron chi connectivity index (χ3n) is 7.71. The average Bonchev–Trinajstić information content (AvgIpc) is 3.50. The Kier molecular flexibility index (Phi) is 9.08. The summed E-state index contributed by atoms with van der Waals surface area (Å²) in [6, 6.07) is 23.2. The standard InChI is InChI=1S/C31H35ClN6O2/c1-21(23-11-15-27(32)16-12-23)33-31(40)38(28-17-13-25(14-18-28)24-5-3-2-4-6-24)20-22-7-9-26(10-8-22)29(39)19-30-34-36-37-35-30/h7-18,21,24,29,39H,2-6,19-20H2,1H3,(H,33,40)(H,34,35,36,37)/t21-,29+/m1/s1. The first-order chi connectivity index (χ1) is 19.5. The fraction of sp³-hybridized carbons (Fsp3) is 0.355. The van der Waals surface area contributed by atoms with Crippen molar-refractivity contribution in [3.8, 4) is 0 Å². The highest BCUT2D eigenvalue weighted by Gasteiger charge is 2.21. The Hall–Kier alpha value is -3.75. The number of nitrogens with zero attached hydrogens (tertiary/aromatic N) is 4. The second kappa shape index (κ2) is 13.1. The van der Waals surface area contributed by atoms with Crippen LogP contribution in [0, 0.1) is 0 Å². The summed E-state index contributed by atoms with van der Waals surface area (Å²) in [6.45, 7) is 2.34. The molecule has 2 atom stereocenters. The Labute approximate surface area is 239 Å². The molecule has 3 N–H and O–H groups in total. The van der Waals surface area contributed by atoms with Gasteiger partial charge in [0, 0.05) is 17.1 Å². The Morgan fingerprint density at radius 1 is 1.00 bits per heavy atom. The molecule has 0 bridgehead atoms. The van der Waals surface area contributed by atoms with E-state index in [0.717, 1.165) is 22.4 Å². The van der Waals surface area contributed by atoms with Crippen molar-refractivity contribution in [3.63, 3.8) is 0 Å². The van der Waals surface area contributed by atoms with Gasteiger partial charge in [-0.25, -0.2) is 4.79 Å². The molecule has 1 fully saturated rings. The molecular weight excluding hydrogens is 524 g/mol. The third kappa shape index (κ3) is 7.06. The van der Waals surface area contributed by atoms with E-state index < -0.39 is 6.10 Å². The minimum atomic E-state index is -0.751. The van der Waals surface area contributed by atoms with Crippen LogP contribution in [0.5, 0.6) is 0 Å². The van der Waals surface area contributed by atoms with Crippen molar-refractivity contribution in [2.24, 2.45) is 0 Å². The monoisotopic (exact) mass is 558 g/mol. The Morgan fingerprint density at radius 2 is 1.68 bits per heavy atom. The molecule has 0 saturated heterocycles. The van der Waals surface area contributed by atoms with Crippen LogP contribution in [0.15, 0.2) is 72.8 Å². The van der Waals surface area contributed by atoms with Crippen LogP contribution in [0.4, 0.5) is 10.5 Å². The summed E-state index contributed by atoms with van der Waals surface area (Å²) in [6.07, 6.45) is 5.85. The zero-order valence-corrected chi connectivity index (χ0v) is 23.4. The Bertz CT molecular complexity index is 1350. The number of carbonyl (C=O) groups is 1. The molecule has 1 aliphatic carbocycles. The van der Waals surface area contributed by atoms with Crippen LogP contribution >= 0.6 is 11.6 Å². The van der Waals surface area contributed by atoms with Crippen LogP contribution in [-0.4, -0.2) is 31.8 Å². The maximum atomic E-state index is 13.7. The highest BCUT2D eigenvalue weighted by molar-refractivity contribution is 6.30. The summed E-state index contributed by atoms with van der Waals surface area (Å²) < 4.78 is 0. The van der Waals surface area contributed by atoms with Gasteiger partial charge in [0.05, 0.1) is 18.7 Å². The molecule has 0 radical (unpaired) electrons. The number of amides is 2. The second-order valence-corrected chi connectivity index (χ2v) is 11.0. The molecule has 2 amide bonds. The maximum absolute atomic E-state index is 13.7. The number of aromatic amines is 1. The van der Waals surface area contributed by atoms with Gasteiger partial charge >= 0.3 is 6.03 Å².